The highest BCUT2D eigenvalue weighted by molar-refractivity contribution is 5.78. The summed E-state index contributed by atoms with van der Waals surface area (Å²) in [5, 5.41) is 1.19. The van der Waals surface area contributed by atoms with Gasteiger partial charge >= 0.3 is 0 Å². The number of benzene rings is 1. The lowest BCUT2D eigenvalue weighted by molar-refractivity contribution is -0.111. The molecule has 0 N–H and O–H groups in total. The summed E-state index contributed by atoms with van der Waals surface area (Å²) in [7, 11) is 0. The zero-order valence-electron chi connectivity index (χ0n) is 13.9. The maximum Gasteiger partial charge on any atom is 0.0992 e. The van der Waals surface area contributed by atoms with Crippen molar-refractivity contribution in [1.29, 1.82) is 0 Å². The van der Waals surface area contributed by atoms with Crippen LogP contribution in [0.15, 0.2) is 49.1 Å². The van der Waals surface area contributed by atoms with Gasteiger partial charge in [-0.3, -0.25) is 9.88 Å². The molecule has 1 aliphatic heterocycles. The summed E-state index contributed by atoms with van der Waals surface area (Å²) in [6.45, 7) is 6.94. The number of nitrogens with zero attached hydrogens (tertiary/aromatic N) is 2. The number of morpholine rings is 1. The van der Waals surface area contributed by atoms with E-state index in [9.17, 15) is 0 Å². The van der Waals surface area contributed by atoms with Gasteiger partial charge in [0.25, 0.3) is 0 Å². The van der Waals surface area contributed by atoms with Crippen LogP contribution in [0.1, 0.15) is 18.5 Å². The maximum absolute atomic E-state index is 6.03. The third kappa shape index (κ3) is 3.09. The number of hydrogen-bond acceptors (Lipinski definition) is 4. The number of ether oxygens (including phenoxy) is 2. The summed E-state index contributed by atoms with van der Waals surface area (Å²) in [5.41, 5.74) is 2.20. The molecule has 1 aliphatic carbocycles. The first-order valence-electron chi connectivity index (χ1n) is 8.78. The number of aromatic nitrogens is 1. The molecule has 24 heavy (non-hydrogen) atoms. The number of para-hydroxylation sites is 1. The van der Waals surface area contributed by atoms with Crippen LogP contribution in [0.5, 0.6) is 0 Å². The van der Waals surface area contributed by atoms with Crippen molar-refractivity contribution in [3.8, 4) is 0 Å². The van der Waals surface area contributed by atoms with Crippen LogP contribution in [-0.2, 0) is 16.0 Å². The van der Waals surface area contributed by atoms with E-state index in [2.05, 4.69) is 41.8 Å². The highest BCUT2D eigenvalue weighted by atomic mass is 16.5. The zero-order chi connectivity index (χ0) is 16.4. The van der Waals surface area contributed by atoms with E-state index in [1.165, 1.54) is 5.39 Å². The predicted octanol–water partition coefficient (Wildman–Crippen LogP) is 3.17. The van der Waals surface area contributed by atoms with Gasteiger partial charge in [0.2, 0.25) is 0 Å². The van der Waals surface area contributed by atoms with Gasteiger partial charge in [-0.15, -0.1) is 6.58 Å². The highest BCUT2D eigenvalue weighted by Gasteiger charge is 2.43. The monoisotopic (exact) mass is 324 g/mol. The first-order chi connectivity index (χ1) is 11.8. The van der Waals surface area contributed by atoms with Crippen LogP contribution in [0.3, 0.4) is 0 Å². The van der Waals surface area contributed by atoms with Crippen LogP contribution in [0.2, 0.25) is 0 Å². The Morgan fingerprint density at radius 2 is 2.17 bits per heavy atom. The van der Waals surface area contributed by atoms with Crippen LogP contribution in [-0.4, -0.2) is 47.9 Å². The first-order valence-corrected chi connectivity index (χ1v) is 8.78. The highest BCUT2D eigenvalue weighted by Crippen LogP contribution is 2.33. The van der Waals surface area contributed by atoms with Crippen LogP contribution >= 0.6 is 0 Å². The number of fused-ring (bicyclic) bond motifs is 2. The van der Waals surface area contributed by atoms with Gasteiger partial charge in [0.05, 0.1) is 36.6 Å². The van der Waals surface area contributed by atoms with Crippen molar-refractivity contribution in [3.63, 3.8) is 0 Å². The fourth-order valence-corrected chi connectivity index (χ4v) is 3.96. The van der Waals surface area contributed by atoms with Crippen LogP contribution < -0.4 is 0 Å². The Kier molecular flexibility index (Phi) is 4.60. The van der Waals surface area contributed by atoms with Gasteiger partial charge in [-0.2, -0.15) is 0 Å². The lowest BCUT2D eigenvalue weighted by Gasteiger charge is -2.38. The second-order valence-electron chi connectivity index (χ2n) is 6.61. The molecule has 2 aromatic rings. The molecule has 1 saturated heterocycles. The minimum absolute atomic E-state index is 0.180. The molecule has 4 rings (SSSR count). The lowest BCUT2D eigenvalue weighted by atomic mass is 10.1. The molecule has 2 aliphatic rings. The molecule has 0 unspecified atom stereocenters. The summed E-state index contributed by atoms with van der Waals surface area (Å²) in [6.07, 6.45) is 4.37. The second kappa shape index (κ2) is 7.01. The molecule has 4 heteroatoms. The number of hydrogen-bond donors (Lipinski definition) is 0. The number of pyridine rings is 1. The van der Waals surface area contributed by atoms with Crippen molar-refractivity contribution < 1.29 is 9.47 Å². The molecule has 126 valence electrons. The molecule has 4 nitrogen and oxygen atoms in total. The standard InChI is InChI=1S/C20H24N2O2/c1-2-12-23-19-10-9-18-20(19)24-13-11-22(18)14-16-8-7-15-5-3-4-6-17(15)21-16/h2-8,18-20H,1,9-14H2/t18-,19-,20+/m1/s1. The van der Waals surface area contributed by atoms with Gasteiger partial charge in [-0.25, -0.2) is 0 Å². The molecular formula is C20H24N2O2. The van der Waals surface area contributed by atoms with E-state index in [1.54, 1.807) is 0 Å². The smallest absolute Gasteiger partial charge is 0.0992 e. The Morgan fingerprint density at radius 1 is 1.25 bits per heavy atom. The molecule has 2 heterocycles. The van der Waals surface area contributed by atoms with E-state index in [0.717, 1.165) is 43.7 Å². The fourth-order valence-electron chi connectivity index (χ4n) is 3.96. The van der Waals surface area contributed by atoms with Crippen molar-refractivity contribution in [3.05, 3.63) is 54.7 Å². The van der Waals surface area contributed by atoms with Gasteiger partial charge in [-0.05, 0) is 25.0 Å². The van der Waals surface area contributed by atoms with E-state index in [4.69, 9.17) is 14.5 Å². The normalized spacial score (nSPS) is 27.2. The Balaban J connectivity index is 1.48. The minimum Gasteiger partial charge on any atom is -0.373 e. The van der Waals surface area contributed by atoms with Crippen LogP contribution in [0.25, 0.3) is 10.9 Å². The van der Waals surface area contributed by atoms with E-state index < -0.39 is 0 Å². The summed E-state index contributed by atoms with van der Waals surface area (Å²) in [4.78, 5) is 7.34. The van der Waals surface area contributed by atoms with Gasteiger partial charge in [0, 0.05) is 24.5 Å². The molecule has 1 saturated carbocycles. The molecule has 0 spiro atoms. The van der Waals surface area contributed by atoms with Crippen molar-refractivity contribution in [2.75, 3.05) is 19.8 Å². The molecule has 3 atom stereocenters. The van der Waals surface area contributed by atoms with Gasteiger partial charge in [-0.1, -0.05) is 30.3 Å². The first kappa shape index (κ1) is 15.8. The van der Waals surface area contributed by atoms with E-state index in [-0.39, 0.29) is 12.2 Å². The molecular weight excluding hydrogens is 300 g/mol. The van der Waals surface area contributed by atoms with Crippen molar-refractivity contribution >= 4 is 10.9 Å². The molecule has 0 radical (unpaired) electrons. The third-order valence-electron chi connectivity index (χ3n) is 5.10. The topological polar surface area (TPSA) is 34.6 Å². The Labute approximate surface area is 143 Å². The van der Waals surface area contributed by atoms with Gasteiger partial charge in [0.1, 0.15) is 0 Å². The third-order valence-corrected chi connectivity index (χ3v) is 5.10. The minimum atomic E-state index is 0.180. The SMILES string of the molecule is C=CCO[C@@H]1CC[C@@H]2[C@@H]1OCCN2Cc1ccc2ccccc2n1. The lowest BCUT2D eigenvalue weighted by Crippen LogP contribution is -2.51. The van der Waals surface area contributed by atoms with Crippen molar-refractivity contribution in [1.82, 2.24) is 9.88 Å². The second-order valence-corrected chi connectivity index (χ2v) is 6.61. The maximum atomic E-state index is 6.03. The van der Waals surface area contributed by atoms with Crippen LogP contribution in [0, 0.1) is 0 Å². The quantitative estimate of drug-likeness (QED) is 0.791. The van der Waals surface area contributed by atoms with Crippen LogP contribution in [0.4, 0.5) is 0 Å². The Hall–Kier alpha value is -1.75. The summed E-state index contributed by atoms with van der Waals surface area (Å²) >= 11 is 0. The average Bonchev–Trinajstić information content (AvgIpc) is 3.04. The molecule has 0 amide bonds. The largest absolute Gasteiger partial charge is 0.373 e. The van der Waals surface area contributed by atoms with Gasteiger partial charge in [0.15, 0.2) is 0 Å². The Bertz CT molecular complexity index is 718. The summed E-state index contributed by atoms with van der Waals surface area (Å²) in [5.74, 6) is 0. The predicted molar refractivity (Wildman–Crippen MR) is 94.9 cm³/mol. The fraction of sp³-hybridized carbons (Fsp3) is 0.450. The number of rotatable bonds is 5. The van der Waals surface area contributed by atoms with Crippen molar-refractivity contribution in [2.24, 2.45) is 0 Å². The van der Waals surface area contributed by atoms with E-state index in [0.29, 0.717) is 12.6 Å². The van der Waals surface area contributed by atoms with Crippen molar-refractivity contribution in [2.45, 2.75) is 37.6 Å². The summed E-state index contributed by atoms with van der Waals surface area (Å²) < 4.78 is 11.9. The average molecular weight is 324 g/mol. The van der Waals surface area contributed by atoms with E-state index >= 15 is 0 Å². The molecule has 2 fully saturated rings. The Morgan fingerprint density at radius 3 is 3.08 bits per heavy atom. The molecule has 1 aromatic heterocycles. The van der Waals surface area contributed by atoms with Gasteiger partial charge < -0.3 is 9.47 Å². The molecule has 0 bridgehead atoms. The van der Waals surface area contributed by atoms with E-state index in [1.807, 2.05) is 12.1 Å². The molecule has 1 aromatic carbocycles. The summed E-state index contributed by atoms with van der Waals surface area (Å²) in [6, 6.07) is 13.0. The zero-order valence-corrected chi connectivity index (χ0v) is 13.9.